The second-order valence-corrected chi connectivity index (χ2v) is 13.3. The van der Waals surface area contributed by atoms with E-state index in [-0.39, 0.29) is 30.1 Å². The molecule has 0 bridgehead atoms. The molecule has 0 saturated carbocycles. The molecule has 1 aliphatic heterocycles. The van der Waals surface area contributed by atoms with Crippen molar-refractivity contribution < 1.29 is 38.3 Å². The van der Waals surface area contributed by atoms with Gasteiger partial charge in [-0.25, -0.2) is 4.79 Å². The first-order valence-electron chi connectivity index (χ1n) is 13.2. The number of esters is 2. The van der Waals surface area contributed by atoms with Gasteiger partial charge in [0.25, 0.3) is 5.69 Å². The molecule has 2 aromatic rings. The SMILES string of the molecule is CC(C)(C)OC(=O)c1cc(OC(C)(C)C)c(NC(=O)C2CC(C(C(=O)S)C(=O)OCc3ccc([N+](=O)[O-])cc3)CN2)s1. The van der Waals surface area contributed by atoms with Crippen LogP contribution in [0.15, 0.2) is 30.3 Å². The van der Waals surface area contributed by atoms with Crippen LogP contribution in [0.2, 0.25) is 0 Å². The molecule has 1 fully saturated rings. The molecule has 12 nitrogen and oxygen atoms in total. The van der Waals surface area contributed by atoms with Gasteiger partial charge in [0.2, 0.25) is 5.91 Å². The zero-order valence-corrected chi connectivity index (χ0v) is 25.9. The van der Waals surface area contributed by atoms with E-state index in [1.54, 1.807) is 20.8 Å². The molecule has 1 amide bonds. The molecule has 3 rings (SSSR count). The zero-order chi connectivity index (χ0) is 31.4. The van der Waals surface area contributed by atoms with Crippen LogP contribution >= 0.6 is 24.0 Å². The van der Waals surface area contributed by atoms with Crippen molar-refractivity contribution in [3.8, 4) is 5.75 Å². The van der Waals surface area contributed by atoms with Crippen LogP contribution in [0.5, 0.6) is 5.75 Å². The maximum atomic E-state index is 13.2. The lowest BCUT2D eigenvalue weighted by Gasteiger charge is -2.22. The summed E-state index contributed by atoms with van der Waals surface area (Å²) < 4.78 is 16.7. The lowest BCUT2D eigenvalue weighted by atomic mass is 9.90. The van der Waals surface area contributed by atoms with Crippen LogP contribution in [-0.4, -0.2) is 51.7 Å². The fraction of sp³-hybridized carbons (Fsp3) is 0.500. The van der Waals surface area contributed by atoms with Gasteiger partial charge in [0.1, 0.15) is 33.6 Å². The van der Waals surface area contributed by atoms with Gasteiger partial charge in [-0.1, -0.05) is 0 Å². The first kappa shape index (κ1) is 33.0. The molecule has 1 aliphatic rings. The summed E-state index contributed by atoms with van der Waals surface area (Å²) in [5, 5.41) is 16.3. The molecule has 1 aromatic carbocycles. The van der Waals surface area contributed by atoms with E-state index in [0.29, 0.717) is 16.3 Å². The number of rotatable bonds is 10. The minimum Gasteiger partial charge on any atom is -0.485 e. The number of hydrogen-bond acceptors (Lipinski definition) is 11. The molecule has 2 N–H and O–H groups in total. The summed E-state index contributed by atoms with van der Waals surface area (Å²) in [6.45, 7) is 10.8. The maximum Gasteiger partial charge on any atom is 0.349 e. The molecule has 2 heterocycles. The second kappa shape index (κ2) is 13.2. The average molecular weight is 622 g/mol. The highest BCUT2D eigenvalue weighted by atomic mass is 32.1. The molecule has 0 radical (unpaired) electrons. The Hall–Kier alpha value is -3.49. The number of ether oxygens (including phenoxy) is 3. The minimum atomic E-state index is -1.23. The lowest BCUT2D eigenvalue weighted by molar-refractivity contribution is -0.384. The number of nitro groups is 1. The number of thiophene rings is 1. The van der Waals surface area contributed by atoms with E-state index in [1.807, 2.05) is 20.8 Å². The molecule has 228 valence electrons. The second-order valence-electron chi connectivity index (χ2n) is 11.8. The summed E-state index contributed by atoms with van der Waals surface area (Å²) in [5.74, 6) is -3.26. The highest BCUT2D eigenvalue weighted by molar-refractivity contribution is 7.96. The maximum absolute atomic E-state index is 13.2. The van der Waals surface area contributed by atoms with Gasteiger partial charge in [0.05, 0.1) is 11.0 Å². The molecule has 42 heavy (non-hydrogen) atoms. The van der Waals surface area contributed by atoms with Crippen LogP contribution in [0.3, 0.4) is 0 Å². The summed E-state index contributed by atoms with van der Waals surface area (Å²) in [4.78, 5) is 61.6. The normalized spacial score (nSPS) is 17.7. The number of nitro benzene ring substituents is 1. The molecule has 0 spiro atoms. The van der Waals surface area contributed by atoms with Gasteiger partial charge in [-0.2, -0.15) is 0 Å². The van der Waals surface area contributed by atoms with Gasteiger partial charge in [-0.15, -0.1) is 24.0 Å². The van der Waals surface area contributed by atoms with E-state index in [1.165, 1.54) is 30.3 Å². The third-order valence-corrected chi connectivity index (χ3v) is 7.24. The first-order valence-corrected chi connectivity index (χ1v) is 14.4. The number of nitrogens with one attached hydrogen (secondary N) is 2. The van der Waals surface area contributed by atoms with E-state index in [0.717, 1.165) is 11.3 Å². The number of anilines is 1. The largest absolute Gasteiger partial charge is 0.485 e. The van der Waals surface area contributed by atoms with Crippen molar-refractivity contribution in [1.29, 1.82) is 0 Å². The molecule has 1 aromatic heterocycles. The van der Waals surface area contributed by atoms with Crippen molar-refractivity contribution in [3.05, 3.63) is 50.9 Å². The topological polar surface area (TPSA) is 163 Å². The summed E-state index contributed by atoms with van der Waals surface area (Å²) in [5.41, 5.74) is -0.911. The van der Waals surface area contributed by atoms with Gasteiger partial charge in [-0.3, -0.25) is 24.5 Å². The number of carbonyl (C=O) groups excluding carboxylic acids is 4. The predicted octanol–water partition coefficient (Wildman–Crippen LogP) is 4.52. The standard InChI is InChI=1S/C28H35N3O9S2/c1-27(2,3)39-19-12-20(24(33)40-28(4,5)6)42-23(19)30-22(32)18-11-16(13-29-18)21(26(35)41)25(34)38-14-15-7-9-17(10-8-15)31(36)37/h7-10,12,16,18,21,29H,11,13-14H2,1-6H3,(H,30,32)(H,35,41). The van der Waals surface area contributed by atoms with E-state index in [4.69, 9.17) is 14.2 Å². The Kier molecular flexibility index (Phi) is 10.4. The number of non-ortho nitro benzene ring substituents is 1. The van der Waals surface area contributed by atoms with Crippen LogP contribution in [0.4, 0.5) is 10.7 Å². The molecule has 0 aliphatic carbocycles. The van der Waals surface area contributed by atoms with E-state index < -0.39 is 57.0 Å². The Labute approximate surface area is 253 Å². The molecule has 14 heteroatoms. The van der Waals surface area contributed by atoms with Gasteiger partial charge < -0.3 is 24.8 Å². The summed E-state index contributed by atoms with van der Waals surface area (Å²) in [6, 6.07) is 6.27. The van der Waals surface area contributed by atoms with Crippen molar-refractivity contribution in [1.82, 2.24) is 5.32 Å². The van der Waals surface area contributed by atoms with Crippen molar-refractivity contribution in [2.75, 3.05) is 11.9 Å². The van der Waals surface area contributed by atoms with Crippen LogP contribution in [0.1, 0.15) is 63.2 Å². The van der Waals surface area contributed by atoms with E-state index >= 15 is 0 Å². The lowest BCUT2D eigenvalue weighted by Crippen LogP contribution is -2.35. The summed E-state index contributed by atoms with van der Waals surface area (Å²) >= 11 is 4.91. The van der Waals surface area contributed by atoms with Gasteiger partial charge in [0.15, 0.2) is 10.9 Å². The third-order valence-electron chi connectivity index (χ3n) is 5.95. The Balaban J connectivity index is 1.67. The molecule has 3 atom stereocenters. The average Bonchev–Trinajstić information content (AvgIpc) is 3.48. The monoisotopic (exact) mass is 621 g/mol. The smallest absolute Gasteiger partial charge is 0.349 e. The zero-order valence-electron chi connectivity index (χ0n) is 24.2. The van der Waals surface area contributed by atoms with Crippen LogP contribution in [0, 0.1) is 22.0 Å². The number of amides is 1. The molecule has 1 saturated heterocycles. The van der Waals surface area contributed by atoms with Crippen molar-refractivity contribution in [2.45, 2.75) is 71.8 Å². The highest BCUT2D eigenvalue weighted by Crippen LogP contribution is 2.38. The van der Waals surface area contributed by atoms with Gasteiger partial charge >= 0.3 is 11.9 Å². The molecular weight excluding hydrogens is 586 g/mol. The number of carbonyl (C=O) groups is 4. The first-order chi connectivity index (χ1) is 19.4. The highest BCUT2D eigenvalue weighted by Gasteiger charge is 2.41. The predicted molar refractivity (Wildman–Crippen MR) is 159 cm³/mol. The fourth-order valence-electron chi connectivity index (χ4n) is 4.16. The van der Waals surface area contributed by atoms with Crippen LogP contribution in [0.25, 0.3) is 0 Å². The van der Waals surface area contributed by atoms with Crippen molar-refractivity contribution >= 4 is 57.6 Å². The minimum absolute atomic E-state index is 0.101. The van der Waals surface area contributed by atoms with E-state index in [9.17, 15) is 29.3 Å². The van der Waals surface area contributed by atoms with Crippen LogP contribution in [-0.2, 0) is 30.5 Å². The summed E-state index contributed by atoms with van der Waals surface area (Å²) in [7, 11) is 0. The van der Waals surface area contributed by atoms with Crippen molar-refractivity contribution in [2.24, 2.45) is 11.8 Å². The fourth-order valence-corrected chi connectivity index (χ4v) is 5.34. The third kappa shape index (κ3) is 9.26. The Morgan fingerprint density at radius 3 is 2.31 bits per heavy atom. The van der Waals surface area contributed by atoms with Crippen LogP contribution < -0.4 is 15.4 Å². The molecule has 3 unspecified atom stereocenters. The van der Waals surface area contributed by atoms with Gasteiger partial charge in [0, 0.05) is 24.7 Å². The molecular formula is C28H35N3O9S2. The van der Waals surface area contributed by atoms with Crippen molar-refractivity contribution in [3.63, 3.8) is 0 Å². The number of hydrogen-bond donors (Lipinski definition) is 3. The number of thiol groups is 1. The quantitative estimate of drug-likeness (QED) is 0.113. The Morgan fingerprint density at radius 2 is 1.76 bits per heavy atom. The van der Waals surface area contributed by atoms with Gasteiger partial charge in [-0.05, 0) is 71.6 Å². The Morgan fingerprint density at radius 1 is 1.12 bits per heavy atom. The summed E-state index contributed by atoms with van der Waals surface area (Å²) in [6.07, 6.45) is 0.148. The van der Waals surface area contributed by atoms with E-state index in [2.05, 4.69) is 23.3 Å². The number of benzene rings is 1. The number of nitrogens with zero attached hydrogens (tertiary/aromatic N) is 1. The Bertz CT molecular complexity index is 1340.